The number of aromatic nitrogens is 2. The van der Waals surface area contributed by atoms with Crippen molar-refractivity contribution in [3.8, 4) is 0 Å². The van der Waals surface area contributed by atoms with Crippen LogP contribution in [0.5, 0.6) is 0 Å². The first kappa shape index (κ1) is 16.7. The van der Waals surface area contributed by atoms with Gasteiger partial charge in [-0.2, -0.15) is 5.10 Å². The molecule has 2 aromatic rings. The molecule has 1 amide bonds. The number of rotatable bonds is 6. The maximum Gasteiger partial charge on any atom is 0.222 e. The van der Waals surface area contributed by atoms with Crippen molar-refractivity contribution in [2.24, 2.45) is 5.92 Å². The molecule has 2 heterocycles. The van der Waals surface area contributed by atoms with E-state index in [0.29, 0.717) is 12.3 Å². The van der Waals surface area contributed by atoms with Crippen LogP contribution in [0.3, 0.4) is 0 Å². The van der Waals surface area contributed by atoms with Crippen molar-refractivity contribution in [2.75, 3.05) is 13.1 Å². The Labute approximate surface area is 144 Å². The molecule has 1 N–H and O–H groups in total. The van der Waals surface area contributed by atoms with Crippen LogP contribution in [0.1, 0.15) is 42.4 Å². The Bertz CT molecular complexity index is 651. The lowest BCUT2D eigenvalue weighted by Gasteiger charge is -2.33. The number of hydrogen-bond acceptors (Lipinski definition) is 2. The summed E-state index contributed by atoms with van der Waals surface area (Å²) >= 11 is 0. The summed E-state index contributed by atoms with van der Waals surface area (Å²) in [4.78, 5) is 14.5. The SMILES string of the molecule is Cc1ccccc1CC[C@@H]1CCCN(C(=O)CCc2cn[nH]c2)C1. The van der Waals surface area contributed by atoms with Crippen LogP contribution in [0.15, 0.2) is 36.7 Å². The second-order valence-electron chi connectivity index (χ2n) is 6.92. The zero-order chi connectivity index (χ0) is 16.8. The first-order chi connectivity index (χ1) is 11.7. The van der Waals surface area contributed by atoms with Crippen LogP contribution in [0, 0.1) is 12.8 Å². The van der Waals surface area contributed by atoms with E-state index in [4.69, 9.17) is 0 Å². The van der Waals surface area contributed by atoms with E-state index >= 15 is 0 Å². The molecule has 0 aliphatic carbocycles. The summed E-state index contributed by atoms with van der Waals surface area (Å²) in [6.07, 6.45) is 9.71. The summed E-state index contributed by atoms with van der Waals surface area (Å²) in [6, 6.07) is 8.63. The molecule has 0 radical (unpaired) electrons. The lowest BCUT2D eigenvalue weighted by molar-refractivity contribution is -0.133. The molecule has 0 unspecified atom stereocenters. The van der Waals surface area contributed by atoms with E-state index in [1.165, 1.54) is 24.0 Å². The molecule has 1 fully saturated rings. The number of carbonyl (C=O) groups excluding carboxylic acids is 1. The number of H-pyrrole nitrogens is 1. The van der Waals surface area contributed by atoms with Crippen LogP contribution in [-0.2, 0) is 17.6 Å². The molecule has 4 nitrogen and oxygen atoms in total. The number of amides is 1. The van der Waals surface area contributed by atoms with E-state index in [2.05, 4.69) is 46.3 Å². The largest absolute Gasteiger partial charge is 0.342 e. The Hall–Kier alpha value is -2.10. The van der Waals surface area contributed by atoms with E-state index < -0.39 is 0 Å². The lowest BCUT2D eigenvalue weighted by atomic mass is 9.90. The average molecular weight is 325 g/mol. The van der Waals surface area contributed by atoms with Crippen molar-refractivity contribution >= 4 is 5.91 Å². The molecular weight excluding hydrogens is 298 g/mol. The lowest BCUT2D eigenvalue weighted by Crippen LogP contribution is -2.40. The second-order valence-corrected chi connectivity index (χ2v) is 6.92. The van der Waals surface area contributed by atoms with Crippen LogP contribution < -0.4 is 0 Å². The van der Waals surface area contributed by atoms with Gasteiger partial charge in [-0.15, -0.1) is 0 Å². The molecule has 1 aliphatic heterocycles. The summed E-state index contributed by atoms with van der Waals surface area (Å²) in [5, 5.41) is 6.74. The number of benzene rings is 1. The summed E-state index contributed by atoms with van der Waals surface area (Å²) in [7, 11) is 0. The summed E-state index contributed by atoms with van der Waals surface area (Å²) in [5.41, 5.74) is 3.93. The fourth-order valence-corrected chi connectivity index (χ4v) is 3.60. The number of nitrogens with zero attached hydrogens (tertiary/aromatic N) is 2. The van der Waals surface area contributed by atoms with Crippen molar-refractivity contribution < 1.29 is 4.79 Å². The van der Waals surface area contributed by atoms with Gasteiger partial charge in [0, 0.05) is 25.7 Å². The number of aromatic amines is 1. The molecule has 0 bridgehead atoms. The Balaban J connectivity index is 1.47. The number of likely N-dealkylation sites (tertiary alicyclic amines) is 1. The van der Waals surface area contributed by atoms with Gasteiger partial charge in [0.25, 0.3) is 0 Å². The molecule has 128 valence electrons. The molecule has 1 aliphatic rings. The van der Waals surface area contributed by atoms with Gasteiger partial charge in [-0.25, -0.2) is 0 Å². The third-order valence-electron chi connectivity index (χ3n) is 5.14. The fourth-order valence-electron chi connectivity index (χ4n) is 3.60. The van der Waals surface area contributed by atoms with E-state index in [9.17, 15) is 4.79 Å². The van der Waals surface area contributed by atoms with Gasteiger partial charge in [0.2, 0.25) is 5.91 Å². The normalized spacial score (nSPS) is 17.9. The van der Waals surface area contributed by atoms with Gasteiger partial charge in [-0.05, 0) is 61.6 Å². The molecule has 1 aromatic carbocycles. The highest BCUT2D eigenvalue weighted by Gasteiger charge is 2.23. The van der Waals surface area contributed by atoms with Gasteiger partial charge in [0.15, 0.2) is 0 Å². The van der Waals surface area contributed by atoms with Crippen LogP contribution in [0.2, 0.25) is 0 Å². The molecule has 4 heteroatoms. The third kappa shape index (κ3) is 4.47. The maximum absolute atomic E-state index is 12.5. The summed E-state index contributed by atoms with van der Waals surface area (Å²) in [5.74, 6) is 0.924. The van der Waals surface area contributed by atoms with Crippen molar-refractivity contribution in [2.45, 2.75) is 45.4 Å². The molecule has 0 spiro atoms. The minimum absolute atomic E-state index is 0.289. The van der Waals surface area contributed by atoms with Gasteiger partial charge in [-0.1, -0.05) is 24.3 Å². The fraction of sp³-hybridized carbons (Fsp3) is 0.500. The quantitative estimate of drug-likeness (QED) is 0.883. The molecule has 3 rings (SSSR count). The first-order valence-electron chi connectivity index (χ1n) is 9.02. The minimum Gasteiger partial charge on any atom is -0.342 e. The van der Waals surface area contributed by atoms with Crippen molar-refractivity contribution in [3.63, 3.8) is 0 Å². The third-order valence-corrected chi connectivity index (χ3v) is 5.14. The Kier molecular flexibility index (Phi) is 5.68. The van der Waals surface area contributed by atoms with E-state index in [1.54, 1.807) is 6.20 Å². The van der Waals surface area contributed by atoms with Crippen molar-refractivity contribution in [1.29, 1.82) is 0 Å². The van der Waals surface area contributed by atoms with Gasteiger partial charge in [-0.3, -0.25) is 9.89 Å². The Morgan fingerprint density at radius 3 is 3.00 bits per heavy atom. The van der Waals surface area contributed by atoms with Crippen LogP contribution >= 0.6 is 0 Å². The highest BCUT2D eigenvalue weighted by atomic mass is 16.2. The Morgan fingerprint density at radius 2 is 2.21 bits per heavy atom. The molecule has 24 heavy (non-hydrogen) atoms. The van der Waals surface area contributed by atoms with E-state index in [-0.39, 0.29) is 5.91 Å². The molecule has 1 saturated heterocycles. The van der Waals surface area contributed by atoms with Gasteiger partial charge in [0.1, 0.15) is 0 Å². The number of hydrogen-bond donors (Lipinski definition) is 1. The maximum atomic E-state index is 12.5. The van der Waals surface area contributed by atoms with Crippen LogP contribution in [-0.4, -0.2) is 34.1 Å². The van der Waals surface area contributed by atoms with Gasteiger partial charge < -0.3 is 4.90 Å². The topological polar surface area (TPSA) is 49.0 Å². The van der Waals surface area contributed by atoms with Gasteiger partial charge in [0.05, 0.1) is 6.20 Å². The van der Waals surface area contributed by atoms with E-state index in [1.807, 2.05) is 6.20 Å². The zero-order valence-corrected chi connectivity index (χ0v) is 14.5. The summed E-state index contributed by atoms with van der Waals surface area (Å²) < 4.78 is 0. The smallest absolute Gasteiger partial charge is 0.222 e. The molecule has 1 atom stereocenters. The molecule has 0 saturated carbocycles. The Morgan fingerprint density at radius 1 is 1.33 bits per heavy atom. The second kappa shape index (κ2) is 8.13. The summed E-state index contributed by atoms with van der Waals surface area (Å²) in [6.45, 7) is 4.03. The predicted octanol–water partition coefficient (Wildman–Crippen LogP) is 3.52. The van der Waals surface area contributed by atoms with Crippen molar-refractivity contribution in [1.82, 2.24) is 15.1 Å². The monoisotopic (exact) mass is 325 g/mol. The highest BCUT2D eigenvalue weighted by Crippen LogP contribution is 2.23. The number of piperidine rings is 1. The van der Waals surface area contributed by atoms with Crippen LogP contribution in [0.4, 0.5) is 0 Å². The molecular formula is C20H27N3O. The average Bonchev–Trinajstić information content (AvgIpc) is 3.13. The number of nitrogens with one attached hydrogen (secondary N) is 1. The zero-order valence-electron chi connectivity index (χ0n) is 14.5. The molecule has 1 aromatic heterocycles. The first-order valence-corrected chi connectivity index (χ1v) is 9.02. The van der Waals surface area contributed by atoms with E-state index in [0.717, 1.165) is 37.9 Å². The van der Waals surface area contributed by atoms with Gasteiger partial charge >= 0.3 is 0 Å². The number of carbonyl (C=O) groups is 1. The highest BCUT2D eigenvalue weighted by molar-refractivity contribution is 5.76. The van der Waals surface area contributed by atoms with Crippen molar-refractivity contribution in [3.05, 3.63) is 53.3 Å². The minimum atomic E-state index is 0.289. The predicted molar refractivity (Wildman–Crippen MR) is 95.7 cm³/mol. The van der Waals surface area contributed by atoms with Crippen LogP contribution in [0.25, 0.3) is 0 Å². The standard InChI is InChI=1S/C20H27N3O/c1-16-5-2-3-7-19(16)10-8-17-6-4-12-23(15-17)20(24)11-9-18-13-21-22-14-18/h2-3,5,7,13-14,17H,4,6,8-12,15H2,1H3,(H,21,22)/t17-/m0/s1. The number of aryl methyl sites for hydroxylation is 3.